The number of nitrogens with zero attached hydrogens (tertiary/aromatic N) is 1. The molecule has 1 aromatic rings. The number of nitrogens with two attached hydrogens (primary N) is 1. The zero-order valence-corrected chi connectivity index (χ0v) is 17.3. The van der Waals surface area contributed by atoms with E-state index in [1.807, 2.05) is 0 Å². The van der Waals surface area contributed by atoms with E-state index in [2.05, 4.69) is 0 Å². The normalized spacial score (nSPS) is 32.7. The summed E-state index contributed by atoms with van der Waals surface area (Å²) in [6.45, 7) is 1.48. The number of aliphatic hydroxyl groups excluding tert-OH is 2. The van der Waals surface area contributed by atoms with Crippen LogP contribution < -0.4 is 5.73 Å². The van der Waals surface area contributed by atoms with Gasteiger partial charge in [-0.25, -0.2) is 0 Å². The molecule has 0 saturated heterocycles. The molecule has 6 N–H and O–H groups in total. The largest absolute Gasteiger partial charge is 0.510 e. The Labute approximate surface area is 178 Å². The number of fused-ring (bicyclic) bond motifs is 3. The molecule has 31 heavy (non-hydrogen) atoms. The van der Waals surface area contributed by atoms with Crippen LogP contribution in [0.5, 0.6) is 5.75 Å². The first-order valence-electron chi connectivity index (χ1n) is 9.87. The van der Waals surface area contributed by atoms with Crippen molar-refractivity contribution in [2.24, 2.45) is 23.5 Å². The summed E-state index contributed by atoms with van der Waals surface area (Å²) < 4.78 is 0. The van der Waals surface area contributed by atoms with Crippen molar-refractivity contribution in [2.75, 3.05) is 14.1 Å². The Morgan fingerprint density at radius 3 is 2.39 bits per heavy atom. The number of hydrogen-bond acceptors (Lipinski definition) is 8. The Balaban J connectivity index is 1.97. The zero-order chi connectivity index (χ0) is 23.0. The minimum Gasteiger partial charge on any atom is -0.510 e. The third kappa shape index (κ3) is 2.66. The number of aliphatic hydroxyl groups is 3. The molecule has 0 heterocycles. The van der Waals surface area contributed by atoms with Crippen LogP contribution in [0.1, 0.15) is 24.5 Å². The molecule has 3 aliphatic carbocycles. The van der Waals surface area contributed by atoms with Crippen molar-refractivity contribution in [2.45, 2.75) is 25.0 Å². The highest BCUT2D eigenvalue weighted by molar-refractivity contribution is 6.28. The summed E-state index contributed by atoms with van der Waals surface area (Å²) >= 11 is 0. The number of phenolic OH excluding ortho intramolecular Hbond substituents is 1. The molecule has 164 valence electrons. The molecular formula is C22H24N2O7. The van der Waals surface area contributed by atoms with Crippen molar-refractivity contribution < 1.29 is 34.8 Å². The summed E-state index contributed by atoms with van der Waals surface area (Å²) in [5.41, 5.74) is 3.08. The van der Waals surface area contributed by atoms with E-state index >= 15 is 0 Å². The van der Waals surface area contributed by atoms with Gasteiger partial charge >= 0.3 is 0 Å². The molecule has 4 rings (SSSR count). The van der Waals surface area contributed by atoms with Gasteiger partial charge in [-0.15, -0.1) is 0 Å². The van der Waals surface area contributed by atoms with Gasteiger partial charge in [-0.3, -0.25) is 19.3 Å². The minimum atomic E-state index is -1.64. The molecule has 9 nitrogen and oxygen atoms in total. The highest BCUT2D eigenvalue weighted by Crippen LogP contribution is 2.55. The van der Waals surface area contributed by atoms with Crippen LogP contribution in [0.3, 0.4) is 0 Å². The van der Waals surface area contributed by atoms with E-state index in [0.29, 0.717) is 0 Å². The quantitative estimate of drug-likeness (QED) is 0.336. The van der Waals surface area contributed by atoms with E-state index in [9.17, 15) is 34.8 Å². The van der Waals surface area contributed by atoms with Crippen LogP contribution in [0.25, 0.3) is 5.76 Å². The highest BCUT2D eigenvalue weighted by Gasteiger charge is 2.59. The fraction of sp³-hybridized carbons (Fsp3) is 0.409. The molecule has 1 saturated carbocycles. The lowest BCUT2D eigenvalue weighted by atomic mass is 9.56. The second-order valence-corrected chi connectivity index (χ2v) is 8.80. The number of amides is 1. The Bertz CT molecular complexity index is 1100. The van der Waals surface area contributed by atoms with Gasteiger partial charge in [-0.1, -0.05) is 12.1 Å². The van der Waals surface area contributed by atoms with Crippen LogP contribution in [-0.2, 0) is 20.0 Å². The first kappa shape index (κ1) is 21.1. The zero-order valence-electron chi connectivity index (χ0n) is 17.3. The van der Waals surface area contributed by atoms with Crippen LogP contribution in [-0.4, -0.2) is 62.9 Å². The van der Waals surface area contributed by atoms with E-state index in [1.54, 1.807) is 25.1 Å². The van der Waals surface area contributed by atoms with Gasteiger partial charge in [0.1, 0.15) is 22.8 Å². The molecule has 0 radical (unpaired) electrons. The highest BCUT2D eigenvalue weighted by atomic mass is 16.3. The number of ketones is 2. The molecule has 1 amide bonds. The number of phenols is 1. The van der Waals surface area contributed by atoms with Gasteiger partial charge < -0.3 is 26.2 Å². The Kier molecular flexibility index (Phi) is 4.53. The van der Waals surface area contributed by atoms with E-state index in [-0.39, 0.29) is 28.9 Å². The predicted molar refractivity (Wildman–Crippen MR) is 109 cm³/mol. The number of Topliss-reactive ketones (excluding diaryl/α,β-unsaturated/α-hetero) is 2. The average Bonchev–Trinajstić information content (AvgIpc) is 2.65. The lowest BCUT2D eigenvalue weighted by Crippen LogP contribution is -2.57. The van der Waals surface area contributed by atoms with Crippen molar-refractivity contribution in [3.8, 4) is 5.75 Å². The Morgan fingerprint density at radius 1 is 1.16 bits per heavy atom. The first-order valence-corrected chi connectivity index (χ1v) is 9.87. The summed E-state index contributed by atoms with van der Waals surface area (Å²) in [6, 6.07) is 3.53. The van der Waals surface area contributed by atoms with Gasteiger partial charge in [0, 0.05) is 11.5 Å². The van der Waals surface area contributed by atoms with E-state index in [4.69, 9.17) is 5.73 Å². The predicted octanol–water partition coefficient (Wildman–Crippen LogP) is 0.514. The van der Waals surface area contributed by atoms with Crippen molar-refractivity contribution in [1.29, 1.82) is 0 Å². The van der Waals surface area contributed by atoms with Crippen molar-refractivity contribution in [3.63, 3.8) is 0 Å². The van der Waals surface area contributed by atoms with Gasteiger partial charge in [0.05, 0.1) is 23.1 Å². The molecule has 0 bridgehead atoms. The Hall–Kier alpha value is -3.17. The lowest BCUT2D eigenvalue weighted by molar-refractivity contribution is -0.139. The summed E-state index contributed by atoms with van der Waals surface area (Å²) in [7, 11) is 3.26. The molecule has 1 fully saturated rings. The first-order chi connectivity index (χ1) is 14.4. The second-order valence-electron chi connectivity index (χ2n) is 8.80. The molecule has 1 aromatic carbocycles. The monoisotopic (exact) mass is 428 g/mol. The molecule has 5 atom stereocenters. The van der Waals surface area contributed by atoms with Crippen LogP contribution in [0.4, 0.5) is 0 Å². The number of carbonyl (C=O) groups is 3. The summed E-state index contributed by atoms with van der Waals surface area (Å²) in [6.07, 6.45) is 0.0720. The third-order valence-electron chi connectivity index (χ3n) is 6.86. The average molecular weight is 428 g/mol. The maximum Gasteiger partial charge on any atom is 0.255 e. The van der Waals surface area contributed by atoms with Crippen LogP contribution in [0, 0.1) is 17.8 Å². The topological polar surface area (TPSA) is 161 Å². The minimum absolute atomic E-state index is 0.0634. The molecule has 0 aliphatic heterocycles. The fourth-order valence-electron chi connectivity index (χ4n) is 5.52. The van der Waals surface area contributed by atoms with E-state index in [1.165, 1.54) is 19.1 Å². The van der Waals surface area contributed by atoms with E-state index < -0.39 is 64.0 Å². The number of aromatic hydroxyl groups is 1. The van der Waals surface area contributed by atoms with Crippen LogP contribution in [0.15, 0.2) is 35.1 Å². The summed E-state index contributed by atoms with van der Waals surface area (Å²) in [5, 5.41) is 43.3. The number of carbonyl (C=O) groups excluding carboxylic acids is 3. The molecule has 1 unspecified atom stereocenters. The molecule has 0 spiro atoms. The van der Waals surface area contributed by atoms with Gasteiger partial charge in [0.25, 0.3) is 5.91 Å². The van der Waals surface area contributed by atoms with Crippen molar-refractivity contribution in [3.05, 3.63) is 46.2 Å². The fourth-order valence-corrected chi connectivity index (χ4v) is 5.52. The second kappa shape index (κ2) is 6.66. The van der Waals surface area contributed by atoms with Crippen molar-refractivity contribution >= 4 is 23.2 Å². The number of benzene rings is 1. The molecular weight excluding hydrogens is 404 g/mol. The summed E-state index contributed by atoms with van der Waals surface area (Å²) in [4.78, 5) is 40.1. The molecule has 9 heteroatoms. The van der Waals surface area contributed by atoms with Gasteiger partial charge in [-0.2, -0.15) is 0 Å². The van der Waals surface area contributed by atoms with Crippen molar-refractivity contribution in [1.82, 2.24) is 4.90 Å². The van der Waals surface area contributed by atoms with E-state index in [0.717, 1.165) is 0 Å². The smallest absolute Gasteiger partial charge is 0.255 e. The molecule has 3 aliphatic rings. The standard InChI is InChI=1S/C22H24N2O7/c1-22(31)9-5-4-6-11(25)13(9)19(28)14-10(22)7-8-12(17(14)26)18(27)15(21(23)30)20(29)16(8)24(2)3/h4-6,8,10,12,16,25,28-29,31H,7H2,1-3H3,(H2,23,30)/t8-,10+,12?,16+,22-/m1/s1. The van der Waals surface area contributed by atoms with Crippen LogP contribution in [0.2, 0.25) is 0 Å². The maximum atomic E-state index is 13.6. The SMILES string of the molecule is CN(C)[C@@H]1C(O)=C(C(N)=O)C(=O)C2C(=O)C3=C(O)c4c(O)cccc4[C@@](C)(O)[C@H]3C[C@H]21. The van der Waals surface area contributed by atoms with Gasteiger partial charge in [0.2, 0.25) is 0 Å². The van der Waals surface area contributed by atoms with Gasteiger partial charge in [0.15, 0.2) is 11.6 Å². The number of likely N-dealkylation sites (N-methyl/N-ethyl adjacent to an activating group) is 1. The Morgan fingerprint density at radius 2 is 1.81 bits per heavy atom. The summed E-state index contributed by atoms with van der Waals surface area (Å²) in [5.74, 6) is -7.12. The lowest BCUT2D eigenvalue weighted by Gasteiger charge is -2.49. The van der Waals surface area contributed by atoms with Gasteiger partial charge in [-0.05, 0) is 45.0 Å². The third-order valence-corrected chi connectivity index (χ3v) is 6.86. The molecule has 0 aromatic heterocycles. The number of primary amides is 1. The number of rotatable bonds is 2. The number of hydrogen-bond donors (Lipinski definition) is 5. The maximum absolute atomic E-state index is 13.6. The van der Waals surface area contributed by atoms with Crippen LogP contribution >= 0.6 is 0 Å².